The average molecular weight is 315 g/mol. The Morgan fingerprint density at radius 3 is 2.78 bits per heavy atom. The van der Waals surface area contributed by atoms with E-state index in [1.54, 1.807) is 0 Å². The smallest absolute Gasteiger partial charge is 0.337 e. The van der Waals surface area contributed by atoms with E-state index in [1.807, 2.05) is 17.8 Å². The van der Waals surface area contributed by atoms with Crippen LogP contribution in [0.3, 0.4) is 0 Å². The van der Waals surface area contributed by atoms with Gasteiger partial charge < -0.3 is 15.3 Å². The Bertz CT molecular complexity index is 704. The van der Waals surface area contributed by atoms with Crippen LogP contribution in [0.5, 0.6) is 0 Å². The van der Waals surface area contributed by atoms with Gasteiger partial charge in [-0.15, -0.1) is 0 Å². The molecule has 2 aromatic heterocycles. The van der Waals surface area contributed by atoms with Gasteiger partial charge in [-0.25, -0.2) is 4.79 Å². The predicted octanol–water partition coefficient (Wildman–Crippen LogP) is 2.30. The van der Waals surface area contributed by atoms with Gasteiger partial charge in [0.05, 0.1) is 34.9 Å². The first-order chi connectivity index (χ1) is 11.0. The summed E-state index contributed by atoms with van der Waals surface area (Å²) in [5, 5.41) is 17.0. The predicted molar refractivity (Wildman–Crippen MR) is 87.2 cm³/mol. The fourth-order valence-electron chi connectivity index (χ4n) is 2.88. The molecule has 3 rings (SSSR count). The first-order valence-electron chi connectivity index (χ1n) is 7.73. The molecule has 0 bridgehead atoms. The summed E-state index contributed by atoms with van der Waals surface area (Å²) in [6.07, 6.45) is 7.11. The number of hydrogen-bond acceptors (Lipinski definition) is 5. The second-order valence-electron chi connectivity index (χ2n) is 5.99. The van der Waals surface area contributed by atoms with Gasteiger partial charge in [-0.2, -0.15) is 5.10 Å². The number of aryl methyl sites for hydroxylation is 1. The lowest BCUT2D eigenvalue weighted by Crippen LogP contribution is -2.31. The van der Waals surface area contributed by atoms with Gasteiger partial charge in [-0.05, 0) is 46.0 Å². The molecule has 0 aromatic carbocycles. The van der Waals surface area contributed by atoms with Crippen LogP contribution in [0.2, 0.25) is 0 Å². The second kappa shape index (κ2) is 6.37. The number of piperidine rings is 1. The van der Waals surface area contributed by atoms with Crippen molar-refractivity contribution in [3.05, 3.63) is 35.9 Å². The van der Waals surface area contributed by atoms with Crippen molar-refractivity contribution >= 4 is 17.3 Å². The minimum absolute atomic E-state index is 0.200. The molecule has 1 saturated heterocycles. The highest BCUT2D eigenvalue weighted by Gasteiger charge is 2.20. The number of nitrogens with zero attached hydrogens (tertiary/aromatic N) is 4. The third-order valence-corrected chi connectivity index (χ3v) is 4.30. The molecule has 1 aliphatic heterocycles. The summed E-state index contributed by atoms with van der Waals surface area (Å²) in [4.78, 5) is 17.6. The lowest BCUT2D eigenvalue weighted by molar-refractivity contribution is 0.0698. The van der Waals surface area contributed by atoms with Crippen molar-refractivity contribution in [2.45, 2.75) is 25.8 Å². The van der Waals surface area contributed by atoms with E-state index in [9.17, 15) is 9.90 Å². The van der Waals surface area contributed by atoms with Crippen LogP contribution in [-0.4, -0.2) is 50.9 Å². The Morgan fingerprint density at radius 2 is 2.09 bits per heavy atom. The highest BCUT2D eigenvalue weighted by atomic mass is 16.4. The number of carboxylic acids is 1. The quantitative estimate of drug-likeness (QED) is 0.901. The van der Waals surface area contributed by atoms with Crippen molar-refractivity contribution < 1.29 is 9.90 Å². The Hall–Kier alpha value is -2.41. The molecule has 0 amide bonds. The Morgan fingerprint density at radius 1 is 1.35 bits per heavy atom. The maximum absolute atomic E-state index is 11.3. The number of rotatable bonds is 4. The zero-order valence-electron chi connectivity index (χ0n) is 13.4. The molecule has 122 valence electrons. The maximum Gasteiger partial charge on any atom is 0.337 e. The fraction of sp³-hybridized carbons (Fsp3) is 0.438. The lowest BCUT2D eigenvalue weighted by Gasteiger charge is -2.28. The monoisotopic (exact) mass is 315 g/mol. The van der Waals surface area contributed by atoms with Crippen molar-refractivity contribution in [1.82, 2.24) is 19.7 Å². The van der Waals surface area contributed by atoms with Crippen LogP contribution in [-0.2, 0) is 0 Å². The Balaban J connectivity index is 1.81. The van der Waals surface area contributed by atoms with E-state index in [2.05, 4.69) is 27.3 Å². The third-order valence-electron chi connectivity index (χ3n) is 4.30. The molecule has 1 aliphatic rings. The Kier molecular flexibility index (Phi) is 4.29. The summed E-state index contributed by atoms with van der Waals surface area (Å²) in [5.74, 6) is -0.977. The maximum atomic E-state index is 11.3. The number of nitrogens with one attached hydrogen (secondary N) is 1. The van der Waals surface area contributed by atoms with E-state index in [1.165, 1.54) is 18.5 Å². The van der Waals surface area contributed by atoms with Crippen molar-refractivity contribution in [3.63, 3.8) is 0 Å². The number of carbonyl (C=O) groups is 1. The van der Waals surface area contributed by atoms with E-state index in [0.717, 1.165) is 37.3 Å². The Labute approximate surface area is 134 Å². The van der Waals surface area contributed by atoms with E-state index in [0.29, 0.717) is 11.7 Å². The molecular formula is C16H21N5O2. The number of hydrogen-bond donors (Lipinski definition) is 2. The number of carboxylic acid groups (broad SMARTS) is 1. The van der Waals surface area contributed by atoms with Gasteiger partial charge in [0.15, 0.2) is 0 Å². The highest BCUT2D eigenvalue weighted by molar-refractivity contribution is 5.94. The zero-order chi connectivity index (χ0) is 16.4. The van der Waals surface area contributed by atoms with Crippen LogP contribution in [0.4, 0.5) is 11.4 Å². The van der Waals surface area contributed by atoms with Crippen molar-refractivity contribution in [1.29, 1.82) is 0 Å². The average Bonchev–Trinajstić information content (AvgIpc) is 2.89. The van der Waals surface area contributed by atoms with Gasteiger partial charge in [0.2, 0.25) is 0 Å². The van der Waals surface area contributed by atoms with Gasteiger partial charge in [0, 0.05) is 12.4 Å². The van der Waals surface area contributed by atoms with Crippen LogP contribution < -0.4 is 5.32 Å². The van der Waals surface area contributed by atoms with Crippen LogP contribution in [0.15, 0.2) is 24.7 Å². The second-order valence-corrected chi connectivity index (χ2v) is 5.99. The molecule has 1 fully saturated rings. The van der Waals surface area contributed by atoms with Gasteiger partial charge in [0.1, 0.15) is 0 Å². The van der Waals surface area contributed by atoms with Gasteiger partial charge in [-0.3, -0.25) is 9.67 Å². The largest absolute Gasteiger partial charge is 0.478 e. The number of aromatic carboxylic acids is 1. The summed E-state index contributed by atoms with van der Waals surface area (Å²) < 4.78 is 2.00. The number of pyridine rings is 1. The molecule has 3 heterocycles. The molecule has 0 radical (unpaired) electrons. The van der Waals surface area contributed by atoms with Gasteiger partial charge >= 0.3 is 5.97 Å². The van der Waals surface area contributed by atoms with Crippen LogP contribution in [0.1, 0.15) is 34.9 Å². The van der Waals surface area contributed by atoms with Crippen molar-refractivity contribution in [2.24, 2.45) is 0 Å². The van der Waals surface area contributed by atoms with E-state index >= 15 is 0 Å². The summed E-state index contributed by atoms with van der Waals surface area (Å²) >= 11 is 0. The molecule has 2 aromatic rings. The number of aromatic nitrogens is 3. The molecule has 0 atom stereocenters. The minimum Gasteiger partial charge on any atom is -0.478 e. The molecule has 7 heteroatoms. The third kappa shape index (κ3) is 3.34. The molecule has 0 saturated carbocycles. The van der Waals surface area contributed by atoms with E-state index in [4.69, 9.17) is 0 Å². The first kappa shape index (κ1) is 15.5. The summed E-state index contributed by atoms with van der Waals surface area (Å²) in [6.45, 7) is 4.06. The van der Waals surface area contributed by atoms with Gasteiger partial charge in [-0.1, -0.05) is 0 Å². The number of anilines is 2. The summed E-state index contributed by atoms with van der Waals surface area (Å²) in [5.41, 5.74) is 2.35. The standard InChI is InChI=1S/C16H21N5O2/c1-11-15(18-14-9-17-6-3-13(14)16(22)23)10-21(19-11)12-4-7-20(2)8-5-12/h3,6,9-10,12,18H,4-5,7-8H2,1-2H3,(H,22,23). The van der Waals surface area contributed by atoms with Gasteiger partial charge in [0.25, 0.3) is 0 Å². The zero-order valence-corrected chi connectivity index (χ0v) is 13.4. The normalized spacial score (nSPS) is 16.4. The number of likely N-dealkylation sites (tertiary alicyclic amines) is 1. The van der Waals surface area contributed by atoms with E-state index in [-0.39, 0.29) is 5.56 Å². The molecular weight excluding hydrogens is 294 g/mol. The molecule has 23 heavy (non-hydrogen) atoms. The van der Waals surface area contributed by atoms with Crippen molar-refractivity contribution in [3.8, 4) is 0 Å². The molecule has 0 aliphatic carbocycles. The lowest BCUT2D eigenvalue weighted by atomic mass is 10.1. The molecule has 2 N–H and O–H groups in total. The molecule has 7 nitrogen and oxygen atoms in total. The highest BCUT2D eigenvalue weighted by Crippen LogP contribution is 2.27. The fourth-order valence-corrected chi connectivity index (χ4v) is 2.88. The van der Waals surface area contributed by atoms with Crippen LogP contribution in [0.25, 0.3) is 0 Å². The van der Waals surface area contributed by atoms with Crippen LogP contribution >= 0.6 is 0 Å². The first-order valence-corrected chi connectivity index (χ1v) is 7.73. The summed E-state index contributed by atoms with van der Waals surface area (Å²) in [6, 6.07) is 1.88. The SMILES string of the molecule is Cc1nn(C2CCN(C)CC2)cc1Nc1cnccc1C(=O)O. The van der Waals surface area contributed by atoms with Crippen LogP contribution in [0, 0.1) is 6.92 Å². The topological polar surface area (TPSA) is 83.3 Å². The molecule has 0 spiro atoms. The minimum atomic E-state index is -0.977. The summed E-state index contributed by atoms with van der Waals surface area (Å²) in [7, 11) is 2.13. The van der Waals surface area contributed by atoms with E-state index < -0.39 is 5.97 Å². The molecule has 0 unspecified atom stereocenters. The van der Waals surface area contributed by atoms with Crippen molar-refractivity contribution in [2.75, 3.05) is 25.5 Å².